The van der Waals surface area contributed by atoms with Gasteiger partial charge in [-0.3, -0.25) is 4.79 Å². The first-order valence-corrected chi connectivity index (χ1v) is 6.71. The van der Waals surface area contributed by atoms with E-state index in [1.807, 2.05) is 19.1 Å². The molecule has 0 fully saturated rings. The fourth-order valence-corrected chi connectivity index (χ4v) is 2.00. The van der Waals surface area contributed by atoms with Crippen LogP contribution in [0.4, 0.5) is 0 Å². The standard InChI is InChI=1S/C16H17NO4/c1-3-11-4-6-12(7-5-11)15(18)17-9-13-8-14(16(19)20)10(2)21-13/h4-8H,3,9H2,1-2H3,(H,17,18)(H,19,20). The van der Waals surface area contributed by atoms with E-state index in [4.69, 9.17) is 9.52 Å². The van der Waals surface area contributed by atoms with Crippen LogP contribution in [-0.2, 0) is 13.0 Å². The number of amides is 1. The van der Waals surface area contributed by atoms with Crippen LogP contribution >= 0.6 is 0 Å². The predicted molar refractivity (Wildman–Crippen MR) is 77.4 cm³/mol. The summed E-state index contributed by atoms with van der Waals surface area (Å²) in [6, 6.07) is 8.79. The van der Waals surface area contributed by atoms with Crippen LogP contribution in [0.1, 0.15) is 44.7 Å². The molecule has 0 aliphatic rings. The molecule has 5 nitrogen and oxygen atoms in total. The number of hydrogen-bond acceptors (Lipinski definition) is 3. The fraction of sp³-hybridized carbons (Fsp3) is 0.250. The van der Waals surface area contributed by atoms with Gasteiger partial charge in [0, 0.05) is 5.56 Å². The number of benzene rings is 1. The summed E-state index contributed by atoms with van der Waals surface area (Å²) >= 11 is 0. The molecule has 0 radical (unpaired) electrons. The molecule has 0 aliphatic heterocycles. The number of nitrogens with one attached hydrogen (secondary N) is 1. The predicted octanol–water partition coefficient (Wildman–Crippen LogP) is 2.78. The molecular weight excluding hydrogens is 270 g/mol. The molecular formula is C16H17NO4. The van der Waals surface area contributed by atoms with E-state index in [1.54, 1.807) is 19.1 Å². The summed E-state index contributed by atoms with van der Waals surface area (Å²) in [4.78, 5) is 22.9. The van der Waals surface area contributed by atoms with Crippen molar-refractivity contribution in [2.45, 2.75) is 26.8 Å². The van der Waals surface area contributed by atoms with Crippen LogP contribution in [0, 0.1) is 6.92 Å². The Morgan fingerprint density at radius 2 is 1.90 bits per heavy atom. The van der Waals surface area contributed by atoms with Crippen molar-refractivity contribution in [3.8, 4) is 0 Å². The number of aromatic carboxylic acids is 1. The van der Waals surface area contributed by atoms with Crippen LogP contribution < -0.4 is 5.32 Å². The topological polar surface area (TPSA) is 79.5 Å². The van der Waals surface area contributed by atoms with Crippen LogP contribution in [0.5, 0.6) is 0 Å². The summed E-state index contributed by atoms with van der Waals surface area (Å²) in [6.07, 6.45) is 0.922. The van der Waals surface area contributed by atoms with Crippen LogP contribution in [0.15, 0.2) is 34.7 Å². The molecule has 110 valence electrons. The maximum Gasteiger partial charge on any atom is 0.339 e. The van der Waals surface area contributed by atoms with E-state index in [0.29, 0.717) is 17.1 Å². The Morgan fingerprint density at radius 1 is 1.24 bits per heavy atom. The molecule has 0 spiro atoms. The van der Waals surface area contributed by atoms with Crippen molar-refractivity contribution in [3.63, 3.8) is 0 Å². The molecule has 0 bridgehead atoms. The molecule has 0 aliphatic carbocycles. The largest absolute Gasteiger partial charge is 0.478 e. The summed E-state index contributed by atoms with van der Waals surface area (Å²) in [7, 11) is 0. The summed E-state index contributed by atoms with van der Waals surface area (Å²) in [5.74, 6) is -0.505. The zero-order chi connectivity index (χ0) is 15.4. The number of furan rings is 1. The monoisotopic (exact) mass is 287 g/mol. The molecule has 0 saturated carbocycles. The Balaban J connectivity index is 2.00. The van der Waals surface area contributed by atoms with Gasteiger partial charge in [0.05, 0.1) is 6.54 Å². The summed E-state index contributed by atoms with van der Waals surface area (Å²) in [5, 5.41) is 11.6. The second-order valence-electron chi connectivity index (χ2n) is 4.72. The molecule has 5 heteroatoms. The van der Waals surface area contributed by atoms with E-state index in [-0.39, 0.29) is 18.0 Å². The highest BCUT2D eigenvalue weighted by molar-refractivity contribution is 5.94. The molecule has 0 atom stereocenters. The van der Waals surface area contributed by atoms with Gasteiger partial charge in [-0.1, -0.05) is 19.1 Å². The first-order valence-electron chi connectivity index (χ1n) is 6.71. The Bertz CT molecular complexity index is 655. The quantitative estimate of drug-likeness (QED) is 0.886. The van der Waals surface area contributed by atoms with Crippen molar-refractivity contribution in [3.05, 3.63) is 58.5 Å². The van der Waals surface area contributed by atoms with Gasteiger partial charge in [0.25, 0.3) is 5.91 Å². The Labute approximate surface area is 122 Å². The van der Waals surface area contributed by atoms with E-state index in [9.17, 15) is 9.59 Å². The molecule has 1 amide bonds. The smallest absolute Gasteiger partial charge is 0.339 e. The fourth-order valence-electron chi connectivity index (χ4n) is 2.00. The van der Waals surface area contributed by atoms with E-state index < -0.39 is 5.97 Å². The van der Waals surface area contributed by atoms with Crippen LogP contribution in [0.25, 0.3) is 0 Å². The van der Waals surface area contributed by atoms with Gasteiger partial charge in [-0.25, -0.2) is 4.79 Å². The third-order valence-electron chi connectivity index (χ3n) is 3.25. The van der Waals surface area contributed by atoms with Gasteiger partial charge in [0.1, 0.15) is 17.1 Å². The van der Waals surface area contributed by atoms with Gasteiger partial charge < -0.3 is 14.8 Å². The lowest BCUT2D eigenvalue weighted by Crippen LogP contribution is -2.22. The lowest BCUT2D eigenvalue weighted by molar-refractivity contribution is 0.0694. The Morgan fingerprint density at radius 3 is 2.43 bits per heavy atom. The molecule has 1 aromatic heterocycles. The van der Waals surface area contributed by atoms with Gasteiger partial charge in [-0.05, 0) is 37.1 Å². The summed E-state index contributed by atoms with van der Waals surface area (Å²) < 4.78 is 5.30. The summed E-state index contributed by atoms with van der Waals surface area (Å²) in [6.45, 7) is 3.79. The van der Waals surface area contributed by atoms with Gasteiger partial charge >= 0.3 is 5.97 Å². The Hall–Kier alpha value is -2.56. The molecule has 2 rings (SSSR count). The highest BCUT2D eigenvalue weighted by Gasteiger charge is 2.14. The van der Waals surface area contributed by atoms with Crippen molar-refractivity contribution in [2.24, 2.45) is 0 Å². The zero-order valence-corrected chi connectivity index (χ0v) is 12.0. The first-order chi connectivity index (χ1) is 10.0. The van der Waals surface area contributed by atoms with E-state index in [2.05, 4.69) is 5.32 Å². The number of hydrogen-bond donors (Lipinski definition) is 2. The normalized spacial score (nSPS) is 10.4. The maximum absolute atomic E-state index is 12.0. The molecule has 0 saturated heterocycles. The number of carboxylic acids is 1. The number of carbonyl (C=O) groups excluding carboxylic acids is 1. The van der Waals surface area contributed by atoms with Crippen LogP contribution in [0.3, 0.4) is 0 Å². The van der Waals surface area contributed by atoms with Gasteiger partial charge in [0.15, 0.2) is 0 Å². The third kappa shape index (κ3) is 3.51. The molecule has 1 heterocycles. The first kappa shape index (κ1) is 14.8. The minimum absolute atomic E-state index is 0.117. The highest BCUT2D eigenvalue weighted by atomic mass is 16.4. The average molecular weight is 287 g/mol. The SMILES string of the molecule is CCc1ccc(C(=O)NCc2cc(C(=O)O)c(C)o2)cc1. The maximum atomic E-state index is 12.0. The van der Waals surface area contributed by atoms with E-state index >= 15 is 0 Å². The van der Waals surface area contributed by atoms with Gasteiger partial charge in [0.2, 0.25) is 0 Å². The molecule has 2 N–H and O–H groups in total. The van der Waals surface area contributed by atoms with Gasteiger partial charge in [-0.2, -0.15) is 0 Å². The van der Waals surface area contributed by atoms with E-state index in [1.165, 1.54) is 11.6 Å². The lowest BCUT2D eigenvalue weighted by atomic mass is 10.1. The second-order valence-corrected chi connectivity index (χ2v) is 4.72. The van der Waals surface area contributed by atoms with E-state index in [0.717, 1.165) is 6.42 Å². The van der Waals surface area contributed by atoms with Crippen molar-refractivity contribution in [1.29, 1.82) is 0 Å². The summed E-state index contributed by atoms with van der Waals surface area (Å²) in [5.41, 5.74) is 1.85. The lowest BCUT2D eigenvalue weighted by Gasteiger charge is -2.04. The third-order valence-corrected chi connectivity index (χ3v) is 3.25. The molecule has 0 unspecified atom stereocenters. The van der Waals surface area contributed by atoms with Crippen molar-refractivity contribution in [1.82, 2.24) is 5.32 Å². The van der Waals surface area contributed by atoms with Crippen molar-refractivity contribution in [2.75, 3.05) is 0 Å². The second kappa shape index (κ2) is 6.26. The molecule has 2 aromatic rings. The van der Waals surface area contributed by atoms with Crippen molar-refractivity contribution >= 4 is 11.9 Å². The minimum atomic E-state index is -1.04. The number of carboxylic acid groups (broad SMARTS) is 1. The van der Waals surface area contributed by atoms with Gasteiger partial charge in [-0.15, -0.1) is 0 Å². The highest BCUT2D eigenvalue weighted by Crippen LogP contribution is 2.14. The average Bonchev–Trinajstić information content (AvgIpc) is 2.86. The number of carbonyl (C=O) groups is 2. The number of aryl methyl sites for hydroxylation is 2. The minimum Gasteiger partial charge on any atom is -0.478 e. The molecule has 21 heavy (non-hydrogen) atoms. The van der Waals surface area contributed by atoms with Crippen molar-refractivity contribution < 1.29 is 19.1 Å². The number of rotatable bonds is 5. The van der Waals surface area contributed by atoms with Crippen LogP contribution in [-0.4, -0.2) is 17.0 Å². The molecule has 1 aromatic carbocycles. The zero-order valence-electron chi connectivity index (χ0n) is 12.0. The Kier molecular flexibility index (Phi) is 4.42. The van der Waals surface area contributed by atoms with Crippen LogP contribution in [0.2, 0.25) is 0 Å².